The molecule has 0 aromatic rings. The molecule has 1 saturated heterocycles. The van der Waals surface area contributed by atoms with E-state index in [9.17, 15) is 4.79 Å². The fraction of sp³-hybridized carbons (Fsp3) is 0.929. The van der Waals surface area contributed by atoms with Crippen LogP contribution in [0.15, 0.2) is 0 Å². The van der Waals surface area contributed by atoms with Crippen molar-refractivity contribution in [1.29, 1.82) is 0 Å². The molecule has 1 N–H and O–H groups in total. The molecule has 1 amide bonds. The fourth-order valence-electron chi connectivity index (χ4n) is 2.35. The van der Waals surface area contributed by atoms with E-state index in [2.05, 4.69) is 44.8 Å². The van der Waals surface area contributed by atoms with Gasteiger partial charge in [0.15, 0.2) is 0 Å². The van der Waals surface area contributed by atoms with Crippen molar-refractivity contribution in [2.24, 2.45) is 11.8 Å². The van der Waals surface area contributed by atoms with E-state index in [4.69, 9.17) is 0 Å². The smallest absolute Gasteiger partial charge is 0.243 e. The number of nitrogens with zero attached hydrogens (tertiary/aromatic N) is 1. The molecule has 3 unspecified atom stereocenters. The lowest BCUT2D eigenvalue weighted by Crippen LogP contribution is -2.45. The standard InChI is InChI=1S/C14H28N2O/c1-7-11(5)9-16-12(10(3)4)15-14(6,8-2)13(16)17/h10-12,15H,7-9H2,1-6H3. The second-order valence-corrected chi connectivity index (χ2v) is 5.99. The Labute approximate surface area is 106 Å². The van der Waals surface area contributed by atoms with E-state index in [1.807, 2.05) is 6.92 Å². The maximum atomic E-state index is 12.5. The highest BCUT2D eigenvalue weighted by Gasteiger charge is 2.47. The summed E-state index contributed by atoms with van der Waals surface area (Å²) in [7, 11) is 0. The first-order valence-electron chi connectivity index (χ1n) is 6.94. The first kappa shape index (κ1) is 14.5. The molecule has 0 radical (unpaired) electrons. The van der Waals surface area contributed by atoms with Crippen LogP contribution in [0.4, 0.5) is 0 Å². The topological polar surface area (TPSA) is 32.3 Å². The summed E-state index contributed by atoms with van der Waals surface area (Å²) in [6.45, 7) is 13.7. The van der Waals surface area contributed by atoms with Gasteiger partial charge in [0.05, 0.1) is 11.7 Å². The highest BCUT2D eigenvalue weighted by molar-refractivity contribution is 5.88. The molecule has 1 aliphatic rings. The van der Waals surface area contributed by atoms with Crippen LogP contribution in [0, 0.1) is 11.8 Å². The van der Waals surface area contributed by atoms with Gasteiger partial charge in [0.1, 0.15) is 0 Å². The number of hydrogen-bond donors (Lipinski definition) is 1. The van der Waals surface area contributed by atoms with E-state index in [1.54, 1.807) is 0 Å². The van der Waals surface area contributed by atoms with E-state index in [-0.39, 0.29) is 17.6 Å². The van der Waals surface area contributed by atoms with Crippen LogP contribution in [-0.4, -0.2) is 29.1 Å². The average Bonchev–Trinajstić information content (AvgIpc) is 2.54. The van der Waals surface area contributed by atoms with Gasteiger partial charge in [-0.2, -0.15) is 0 Å². The van der Waals surface area contributed by atoms with E-state index in [0.717, 1.165) is 19.4 Å². The molecule has 100 valence electrons. The summed E-state index contributed by atoms with van der Waals surface area (Å²) < 4.78 is 0. The fourth-order valence-corrected chi connectivity index (χ4v) is 2.35. The normalized spacial score (nSPS) is 31.4. The van der Waals surface area contributed by atoms with Gasteiger partial charge in [0.25, 0.3) is 0 Å². The highest BCUT2D eigenvalue weighted by Crippen LogP contribution is 2.28. The van der Waals surface area contributed by atoms with Gasteiger partial charge in [-0.05, 0) is 25.2 Å². The van der Waals surface area contributed by atoms with Gasteiger partial charge in [-0.25, -0.2) is 0 Å². The molecule has 0 saturated carbocycles. The molecule has 0 spiro atoms. The summed E-state index contributed by atoms with van der Waals surface area (Å²) in [4.78, 5) is 14.5. The molecular formula is C14H28N2O. The lowest BCUT2D eigenvalue weighted by Gasteiger charge is -2.29. The zero-order valence-corrected chi connectivity index (χ0v) is 12.2. The first-order valence-corrected chi connectivity index (χ1v) is 6.94. The SMILES string of the molecule is CCC(C)CN1C(=O)C(C)(CC)NC1C(C)C. The number of nitrogens with one attached hydrogen (secondary N) is 1. The van der Waals surface area contributed by atoms with Crippen LogP contribution in [0.2, 0.25) is 0 Å². The third-order valence-corrected chi connectivity index (χ3v) is 4.08. The second-order valence-electron chi connectivity index (χ2n) is 5.99. The Balaban J connectivity index is 2.87. The molecule has 0 aromatic carbocycles. The Hall–Kier alpha value is -0.570. The van der Waals surface area contributed by atoms with Crippen LogP contribution >= 0.6 is 0 Å². The van der Waals surface area contributed by atoms with Gasteiger partial charge in [-0.15, -0.1) is 0 Å². The summed E-state index contributed by atoms with van der Waals surface area (Å²) in [6.07, 6.45) is 2.17. The van der Waals surface area contributed by atoms with Crippen LogP contribution in [0.3, 0.4) is 0 Å². The van der Waals surface area contributed by atoms with Crippen molar-refractivity contribution in [2.45, 2.75) is 66.1 Å². The molecule has 1 rings (SSSR count). The van der Waals surface area contributed by atoms with Crippen LogP contribution in [0.1, 0.15) is 54.4 Å². The molecule has 3 heteroatoms. The van der Waals surface area contributed by atoms with Gasteiger partial charge >= 0.3 is 0 Å². The number of rotatable bonds is 5. The summed E-state index contributed by atoms with van der Waals surface area (Å²) in [6, 6.07) is 0. The first-order chi connectivity index (χ1) is 7.85. The molecule has 0 aromatic heterocycles. The second kappa shape index (κ2) is 5.38. The molecule has 3 atom stereocenters. The number of amides is 1. The van der Waals surface area contributed by atoms with Crippen molar-refractivity contribution in [2.75, 3.05) is 6.54 Å². The Kier molecular flexibility index (Phi) is 4.59. The molecule has 17 heavy (non-hydrogen) atoms. The largest absolute Gasteiger partial charge is 0.325 e. The summed E-state index contributed by atoms with van der Waals surface area (Å²) >= 11 is 0. The molecule has 0 bridgehead atoms. The highest BCUT2D eigenvalue weighted by atomic mass is 16.2. The van der Waals surface area contributed by atoms with Gasteiger partial charge < -0.3 is 4.90 Å². The minimum Gasteiger partial charge on any atom is -0.325 e. The molecule has 3 nitrogen and oxygen atoms in total. The van der Waals surface area contributed by atoms with Gasteiger partial charge in [0, 0.05) is 6.54 Å². The molecular weight excluding hydrogens is 212 g/mol. The van der Waals surface area contributed by atoms with E-state index in [0.29, 0.717) is 11.8 Å². The van der Waals surface area contributed by atoms with Crippen LogP contribution < -0.4 is 5.32 Å². The van der Waals surface area contributed by atoms with Crippen molar-refractivity contribution < 1.29 is 4.79 Å². The van der Waals surface area contributed by atoms with E-state index < -0.39 is 0 Å². The van der Waals surface area contributed by atoms with Gasteiger partial charge in [-0.1, -0.05) is 41.0 Å². The van der Waals surface area contributed by atoms with E-state index >= 15 is 0 Å². The summed E-state index contributed by atoms with van der Waals surface area (Å²) in [5.41, 5.74) is -0.359. The van der Waals surface area contributed by atoms with E-state index in [1.165, 1.54) is 0 Å². The van der Waals surface area contributed by atoms with Crippen molar-refractivity contribution in [1.82, 2.24) is 10.2 Å². The Bertz CT molecular complexity index is 277. The number of carbonyl (C=O) groups excluding carboxylic acids is 1. The van der Waals surface area contributed by atoms with Crippen LogP contribution in [0.25, 0.3) is 0 Å². The Morgan fingerprint density at radius 2 is 1.94 bits per heavy atom. The van der Waals surface area contributed by atoms with Crippen molar-refractivity contribution in [3.05, 3.63) is 0 Å². The zero-order chi connectivity index (χ0) is 13.2. The summed E-state index contributed by atoms with van der Waals surface area (Å²) in [5.74, 6) is 1.30. The average molecular weight is 240 g/mol. The maximum absolute atomic E-state index is 12.5. The minimum absolute atomic E-state index is 0.196. The quantitative estimate of drug-likeness (QED) is 0.801. The molecule has 1 aliphatic heterocycles. The zero-order valence-electron chi connectivity index (χ0n) is 12.2. The third kappa shape index (κ3) is 2.82. The van der Waals surface area contributed by atoms with Gasteiger partial charge in [-0.3, -0.25) is 10.1 Å². The van der Waals surface area contributed by atoms with Crippen molar-refractivity contribution in [3.8, 4) is 0 Å². The third-order valence-electron chi connectivity index (χ3n) is 4.08. The molecule has 0 aliphatic carbocycles. The maximum Gasteiger partial charge on any atom is 0.243 e. The van der Waals surface area contributed by atoms with Crippen LogP contribution in [-0.2, 0) is 4.79 Å². The van der Waals surface area contributed by atoms with Crippen LogP contribution in [0.5, 0.6) is 0 Å². The number of hydrogen-bond acceptors (Lipinski definition) is 2. The molecule has 1 heterocycles. The monoisotopic (exact) mass is 240 g/mol. The van der Waals surface area contributed by atoms with Gasteiger partial charge in [0.2, 0.25) is 5.91 Å². The molecule has 1 fully saturated rings. The van der Waals surface area contributed by atoms with Crippen molar-refractivity contribution in [3.63, 3.8) is 0 Å². The minimum atomic E-state index is -0.359. The lowest BCUT2D eigenvalue weighted by molar-refractivity contribution is -0.133. The Morgan fingerprint density at radius 1 is 1.35 bits per heavy atom. The van der Waals surface area contributed by atoms with Crippen molar-refractivity contribution >= 4 is 5.91 Å². The Morgan fingerprint density at radius 3 is 2.35 bits per heavy atom. The lowest BCUT2D eigenvalue weighted by atomic mass is 9.99. The predicted octanol–water partition coefficient (Wildman–Crippen LogP) is 2.62. The predicted molar refractivity (Wildman–Crippen MR) is 71.6 cm³/mol. The number of carbonyl (C=O) groups is 1. The summed E-state index contributed by atoms with van der Waals surface area (Å²) in [5, 5.41) is 3.52.